The molecule has 2 atom stereocenters. The van der Waals surface area contributed by atoms with Crippen LogP contribution >= 0.6 is 0 Å². The zero-order valence-corrected chi connectivity index (χ0v) is 55.1. The number of aliphatic carboxylic acids is 1. The van der Waals surface area contributed by atoms with Gasteiger partial charge in [-0.2, -0.15) is 29.8 Å². The number of allylic oxidation sites excluding steroid dienone is 6. The van der Waals surface area contributed by atoms with Crippen LogP contribution in [0, 0.1) is 0 Å². The lowest BCUT2D eigenvalue weighted by atomic mass is 9.75. The highest BCUT2D eigenvalue weighted by atomic mass is 32.2. The molecule has 0 radical (unpaired) electrons. The number of carboxylic acid groups (broad SMARTS) is 1. The molecule has 91 heavy (non-hydrogen) atoms. The number of ether oxygens (including phenoxy) is 10. The zero-order chi connectivity index (χ0) is 66.5. The van der Waals surface area contributed by atoms with Crippen LogP contribution in [-0.2, 0) is 103 Å². The van der Waals surface area contributed by atoms with Crippen molar-refractivity contribution < 1.29 is 114 Å². The van der Waals surface area contributed by atoms with Gasteiger partial charge in [0.1, 0.15) is 28.4 Å². The molecule has 0 amide bonds. The number of methoxy groups -OCH3 is 1. The smallest absolute Gasteiger partial charge is 0.303 e. The molecule has 2 aliphatic rings. The number of carbonyl (C=O) groups is 1. The summed E-state index contributed by atoms with van der Waals surface area (Å²) in [5, 5.41) is 9.54. The number of benzene rings is 4. The Morgan fingerprint density at radius 2 is 1.05 bits per heavy atom. The monoisotopic (exact) mass is 1360 g/mol. The average Bonchev–Trinajstić information content (AvgIpc) is 1.61. The van der Waals surface area contributed by atoms with E-state index in [2.05, 4.69) is 0 Å². The maximum Gasteiger partial charge on any atom is 0.303 e. The van der Waals surface area contributed by atoms with E-state index < -0.39 is 76.9 Å². The number of hydrogen-bond donors (Lipinski definition) is 4. The Bertz CT molecular complexity index is 3720. The van der Waals surface area contributed by atoms with Crippen molar-refractivity contribution in [2.45, 2.75) is 96.6 Å². The molecule has 506 valence electrons. The molecule has 0 spiro atoms. The molecule has 2 aliphatic heterocycles. The molecule has 30 heteroatoms. The van der Waals surface area contributed by atoms with Crippen LogP contribution in [0.4, 0.5) is 11.4 Å². The van der Waals surface area contributed by atoms with Crippen molar-refractivity contribution in [2.24, 2.45) is 0 Å². The fraction of sp³-hybridized carbons (Fsp3) is 0.541. The lowest BCUT2D eigenvalue weighted by molar-refractivity contribution is -0.438. The van der Waals surface area contributed by atoms with Crippen LogP contribution in [0.1, 0.15) is 77.3 Å². The second-order valence-corrected chi connectivity index (χ2v) is 27.2. The van der Waals surface area contributed by atoms with E-state index in [4.69, 9.17) is 47.4 Å². The summed E-state index contributed by atoms with van der Waals surface area (Å²) < 4.78 is 204. The van der Waals surface area contributed by atoms with Crippen LogP contribution in [0.25, 0.3) is 21.5 Å². The van der Waals surface area contributed by atoms with Crippen molar-refractivity contribution in [3.05, 3.63) is 95.7 Å². The van der Waals surface area contributed by atoms with E-state index in [0.29, 0.717) is 144 Å². The van der Waals surface area contributed by atoms with Crippen molar-refractivity contribution in [1.29, 1.82) is 0 Å². The molecule has 26 nitrogen and oxygen atoms in total. The largest absolute Gasteiger partial charge is 0.744 e. The quantitative estimate of drug-likeness (QED) is 0.0114. The summed E-state index contributed by atoms with van der Waals surface area (Å²) in [7, 11) is -18.9. The van der Waals surface area contributed by atoms with Gasteiger partial charge in [-0.05, 0) is 112 Å². The minimum absolute atomic E-state index is 0.00152. The molecule has 0 aromatic heterocycles. The average molecular weight is 1360 g/mol. The third-order valence-electron chi connectivity index (χ3n) is 15.5. The van der Waals surface area contributed by atoms with Gasteiger partial charge in [-0.1, -0.05) is 24.3 Å². The van der Waals surface area contributed by atoms with E-state index in [-0.39, 0.29) is 93.8 Å². The van der Waals surface area contributed by atoms with Crippen molar-refractivity contribution >= 4 is 85.1 Å². The first-order valence-corrected chi connectivity index (χ1v) is 35.5. The summed E-state index contributed by atoms with van der Waals surface area (Å²) in [5.74, 6) is -0.960. The fourth-order valence-corrected chi connectivity index (χ4v) is 13.9. The van der Waals surface area contributed by atoms with E-state index >= 15 is 0 Å². The van der Waals surface area contributed by atoms with Crippen LogP contribution in [0.5, 0.6) is 0 Å². The van der Waals surface area contributed by atoms with Gasteiger partial charge in [-0.15, -0.1) is 0 Å². The van der Waals surface area contributed by atoms with Gasteiger partial charge >= 0.3 is 5.97 Å². The third-order valence-corrected chi connectivity index (χ3v) is 18.9. The van der Waals surface area contributed by atoms with E-state index in [1.807, 2.05) is 49.3 Å². The summed E-state index contributed by atoms with van der Waals surface area (Å²) in [6.45, 7) is 13.4. The summed E-state index contributed by atoms with van der Waals surface area (Å²) >= 11 is 0. The minimum Gasteiger partial charge on any atom is -0.744 e. The highest BCUT2D eigenvalue weighted by Crippen LogP contribution is 2.54. The van der Waals surface area contributed by atoms with E-state index in [0.717, 1.165) is 6.07 Å². The number of unbranched alkanes of at least 4 members (excludes halogenated alkanes) is 2. The lowest BCUT2D eigenvalue weighted by Gasteiger charge is -2.30. The molecule has 0 saturated heterocycles. The first kappa shape index (κ1) is 74.8. The van der Waals surface area contributed by atoms with E-state index in [9.17, 15) is 61.8 Å². The molecular weight excluding hydrogens is 1270 g/mol. The van der Waals surface area contributed by atoms with Crippen molar-refractivity contribution in [3.8, 4) is 0 Å². The number of rotatable bonds is 44. The molecule has 0 saturated carbocycles. The SMILES string of the molecule is CCOCOCCOCCOCCOCCC1(C)C(C=CC=CC=C2N(CC)c3ccc4c(S(=O)(=O)O)cc(S(=O)(=O)O)cc4c3C2(C)CCOCCOCCOCCOCCOC)=[N+](CCCCCC(=O)O)c2ccc3c(S(=O)(=O)[O-])cc(S(=O)(=O)O)cc3c21. The second kappa shape index (κ2) is 34.8. The molecule has 4 N–H and O–H groups in total. The molecule has 6 rings (SSSR count). The summed E-state index contributed by atoms with van der Waals surface area (Å²) in [4.78, 5) is 10.3. The molecule has 4 aromatic carbocycles. The van der Waals surface area contributed by atoms with Crippen LogP contribution in [0.2, 0.25) is 0 Å². The van der Waals surface area contributed by atoms with E-state index in [1.54, 1.807) is 37.5 Å². The molecular formula is C61H84N2O24S4. The predicted molar refractivity (Wildman–Crippen MR) is 335 cm³/mol. The molecule has 2 heterocycles. The predicted octanol–water partition coefficient (Wildman–Crippen LogP) is 6.99. The third kappa shape index (κ3) is 20.4. The van der Waals surface area contributed by atoms with E-state index in [1.165, 1.54) is 18.2 Å². The number of anilines is 1. The van der Waals surface area contributed by atoms with Gasteiger partial charge in [0, 0.05) is 91.6 Å². The second-order valence-electron chi connectivity index (χ2n) is 21.6. The van der Waals surface area contributed by atoms with Gasteiger partial charge in [-0.3, -0.25) is 18.5 Å². The minimum atomic E-state index is -5.34. The van der Waals surface area contributed by atoms with Crippen molar-refractivity contribution in [2.75, 3.05) is 144 Å². The Morgan fingerprint density at radius 1 is 0.560 bits per heavy atom. The highest BCUT2D eigenvalue weighted by Gasteiger charge is 2.49. The molecule has 0 bridgehead atoms. The molecule has 4 aromatic rings. The van der Waals surface area contributed by atoms with Gasteiger partial charge in [0.05, 0.1) is 113 Å². The Morgan fingerprint density at radius 3 is 1.56 bits per heavy atom. The van der Waals surface area contributed by atoms with Crippen LogP contribution in [0.3, 0.4) is 0 Å². The Balaban J connectivity index is 1.38. The van der Waals surface area contributed by atoms with Gasteiger partial charge < -0.3 is 61.9 Å². The van der Waals surface area contributed by atoms with Gasteiger partial charge in [0.15, 0.2) is 5.71 Å². The molecule has 0 aliphatic carbocycles. The van der Waals surface area contributed by atoms with Crippen LogP contribution in [0.15, 0.2) is 104 Å². The van der Waals surface area contributed by atoms with Crippen LogP contribution in [-0.4, -0.2) is 213 Å². The topological polar surface area (TPSA) is 356 Å². The number of fused-ring (bicyclic) bond motifs is 6. The summed E-state index contributed by atoms with van der Waals surface area (Å²) in [6.07, 6.45) is 10.6. The fourth-order valence-electron chi connectivity index (χ4n) is 11.2. The standard InChI is InChI=1S/C61H84N2O24S4/c1-6-62-51-19-17-47-49(40-45(88(66,67)68)42-53(47)90(72,73)74)58(51)60(3,21-24-80-28-30-83-34-35-85-33-32-82-27-26-78-5)55(62)14-10-8-11-15-56-61(4,22-25-81-29-31-84-36-37-86-38-39-87-44-79-7-2)59-50-41-46(89(69,70)71)43-54(91(75,76)77)48(50)18-20-52(59)63(56)23-13-9-12-16-57(64)65/h8,10-11,14-15,17-20,40-43H,6-7,9,12-13,16,21-39,44H2,1-5H3,(H4-,64,65,66,67,68,69,70,71,72,73,74,75,76,77). The van der Waals surface area contributed by atoms with Gasteiger partial charge in [0.2, 0.25) is 5.69 Å². The first-order chi connectivity index (χ1) is 43.2. The zero-order valence-electron chi connectivity index (χ0n) is 51.9. The van der Waals surface area contributed by atoms with Crippen molar-refractivity contribution in [3.63, 3.8) is 0 Å². The summed E-state index contributed by atoms with van der Waals surface area (Å²) in [5.41, 5.74) is 1.07. The van der Waals surface area contributed by atoms with Crippen LogP contribution < -0.4 is 4.90 Å². The Labute approximate surface area is 532 Å². The maximum atomic E-state index is 12.9. The Hall–Kier alpha value is -5.20. The number of nitrogens with zero attached hydrogens (tertiary/aromatic N) is 2. The molecule has 2 unspecified atom stereocenters. The Kier molecular flexibility index (Phi) is 28.6. The first-order valence-electron chi connectivity index (χ1n) is 29.7. The summed E-state index contributed by atoms with van der Waals surface area (Å²) in [6, 6.07) is 9.81. The maximum absolute atomic E-state index is 12.9. The number of likely N-dealkylation sites (N-methyl/N-ethyl adjacent to an activating group) is 1. The van der Waals surface area contributed by atoms with Crippen molar-refractivity contribution in [1.82, 2.24) is 0 Å². The molecule has 0 fully saturated rings. The highest BCUT2D eigenvalue weighted by molar-refractivity contribution is 7.87. The van der Waals surface area contributed by atoms with Gasteiger partial charge in [0.25, 0.3) is 30.4 Å². The van der Waals surface area contributed by atoms with Gasteiger partial charge in [-0.25, -0.2) is 8.42 Å². The normalized spacial score (nSPS) is 17.7. The lowest BCUT2D eigenvalue weighted by Crippen LogP contribution is -2.33. The number of carboxylic acids is 1. The number of hydrogen-bond acceptors (Lipinski definition) is 21.